The molecule has 1 aromatic heterocycles. The van der Waals surface area contributed by atoms with Gasteiger partial charge < -0.3 is 13.9 Å². The van der Waals surface area contributed by atoms with E-state index in [1.54, 1.807) is 36.4 Å². The fourth-order valence-corrected chi connectivity index (χ4v) is 4.35. The smallest absolute Gasteiger partial charge is 0.343 e. The normalized spacial score (nSPS) is 11.2. The summed E-state index contributed by atoms with van der Waals surface area (Å²) >= 11 is 0. The lowest BCUT2D eigenvalue weighted by molar-refractivity contribution is 0.0735. The molecule has 0 amide bonds. The van der Waals surface area contributed by atoms with Gasteiger partial charge in [0, 0.05) is 17.5 Å². The molecular weight excluding hydrogens is 504 g/mol. The fourth-order valence-electron chi connectivity index (χ4n) is 4.35. The van der Waals surface area contributed by atoms with Crippen LogP contribution in [0.25, 0.3) is 11.0 Å². The van der Waals surface area contributed by atoms with Crippen LogP contribution >= 0.6 is 0 Å². The molecule has 0 unspecified atom stereocenters. The van der Waals surface area contributed by atoms with Gasteiger partial charge in [-0.2, -0.15) is 10.2 Å². The molecular formula is C33H36N2O5. The van der Waals surface area contributed by atoms with Gasteiger partial charge in [0.25, 0.3) is 0 Å². The molecule has 0 bridgehead atoms. The largest absolute Gasteiger partial charge is 0.494 e. The zero-order chi connectivity index (χ0) is 28.2. The molecule has 1 heterocycles. The van der Waals surface area contributed by atoms with E-state index in [0.29, 0.717) is 28.3 Å². The Morgan fingerprint density at radius 1 is 0.750 bits per heavy atom. The first-order valence-corrected chi connectivity index (χ1v) is 14.0. The molecule has 7 nitrogen and oxygen atoms in total. The Labute approximate surface area is 234 Å². The summed E-state index contributed by atoms with van der Waals surface area (Å²) in [7, 11) is 0. The van der Waals surface area contributed by atoms with Crippen LogP contribution in [0.15, 0.2) is 92.2 Å². The minimum atomic E-state index is -0.527. The highest BCUT2D eigenvalue weighted by molar-refractivity contribution is 5.92. The number of hydrogen-bond acceptors (Lipinski definition) is 7. The predicted octanol–water partition coefficient (Wildman–Crippen LogP) is 9.26. The molecule has 0 radical (unpaired) electrons. The van der Waals surface area contributed by atoms with Crippen molar-refractivity contribution in [3.63, 3.8) is 0 Å². The Morgan fingerprint density at radius 3 is 2.02 bits per heavy atom. The highest BCUT2D eigenvalue weighted by atomic mass is 16.5. The average molecular weight is 541 g/mol. The zero-order valence-electron chi connectivity index (χ0n) is 23.2. The number of fused-ring (bicyclic) bond motifs is 1. The van der Waals surface area contributed by atoms with E-state index in [4.69, 9.17) is 13.9 Å². The third-order valence-electron chi connectivity index (χ3n) is 6.62. The van der Waals surface area contributed by atoms with Crippen LogP contribution < -0.4 is 15.1 Å². The van der Waals surface area contributed by atoms with Gasteiger partial charge in [-0.05, 0) is 79.6 Å². The van der Waals surface area contributed by atoms with Crippen molar-refractivity contribution in [1.82, 2.24) is 0 Å². The highest BCUT2D eigenvalue weighted by Gasteiger charge is 2.11. The molecule has 0 aliphatic rings. The van der Waals surface area contributed by atoms with Crippen molar-refractivity contribution >= 4 is 28.3 Å². The van der Waals surface area contributed by atoms with Crippen molar-refractivity contribution < 1.29 is 18.7 Å². The third-order valence-corrected chi connectivity index (χ3v) is 6.62. The van der Waals surface area contributed by atoms with E-state index in [0.717, 1.165) is 29.7 Å². The number of esters is 1. The van der Waals surface area contributed by atoms with Gasteiger partial charge in [0.1, 0.15) is 17.1 Å². The average Bonchev–Trinajstić information content (AvgIpc) is 2.96. The Bertz CT molecular complexity index is 1470. The Morgan fingerprint density at radius 2 is 1.35 bits per heavy atom. The molecule has 40 heavy (non-hydrogen) atoms. The first-order valence-electron chi connectivity index (χ1n) is 14.0. The molecule has 7 heteroatoms. The van der Waals surface area contributed by atoms with E-state index < -0.39 is 11.6 Å². The molecule has 0 saturated carbocycles. The number of carbonyl (C=O) groups is 1. The van der Waals surface area contributed by atoms with Gasteiger partial charge in [-0.3, -0.25) is 0 Å². The molecule has 0 spiro atoms. The Balaban J connectivity index is 1.23. The summed E-state index contributed by atoms with van der Waals surface area (Å²) in [5, 5.41) is 9.31. The number of benzene rings is 3. The molecule has 0 aliphatic carbocycles. The standard InChI is InChI=1S/C33H36N2O5/c1-3-4-5-6-7-8-9-10-21-38-28-17-15-27(16-18-28)35-34-26-13-11-25(12-14-26)33(37)39-29-19-20-30-24(2)22-32(36)40-31(30)23-29/h11-20,22-23H,3-10,21H2,1-2H3. The second-order valence-corrected chi connectivity index (χ2v) is 9.86. The maximum atomic E-state index is 12.6. The number of nitrogens with zero attached hydrogens (tertiary/aromatic N) is 2. The van der Waals surface area contributed by atoms with E-state index in [9.17, 15) is 9.59 Å². The maximum absolute atomic E-state index is 12.6. The summed E-state index contributed by atoms with van der Waals surface area (Å²) in [6.07, 6.45) is 10.2. The van der Waals surface area contributed by atoms with Crippen LogP contribution in [0.2, 0.25) is 0 Å². The summed E-state index contributed by atoms with van der Waals surface area (Å²) in [5.41, 5.74) is 2.40. The van der Waals surface area contributed by atoms with E-state index in [1.165, 1.54) is 57.1 Å². The highest BCUT2D eigenvalue weighted by Crippen LogP contribution is 2.25. The van der Waals surface area contributed by atoms with Gasteiger partial charge in [-0.1, -0.05) is 51.9 Å². The first-order chi connectivity index (χ1) is 19.5. The second kappa shape index (κ2) is 14.8. The summed E-state index contributed by atoms with van der Waals surface area (Å²) in [6.45, 7) is 4.79. The first kappa shape index (κ1) is 28.7. The van der Waals surface area contributed by atoms with Crippen molar-refractivity contribution in [2.24, 2.45) is 10.2 Å². The van der Waals surface area contributed by atoms with Crippen molar-refractivity contribution in [2.45, 2.75) is 65.2 Å². The van der Waals surface area contributed by atoms with Crippen molar-refractivity contribution in [2.75, 3.05) is 6.61 Å². The van der Waals surface area contributed by atoms with Crippen molar-refractivity contribution in [3.05, 3.63) is 94.3 Å². The van der Waals surface area contributed by atoms with Gasteiger partial charge in [0.15, 0.2) is 0 Å². The number of unbranched alkanes of at least 4 members (excludes halogenated alkanes) is 7. The SMILES string of the molecule is CCCCCCCCCCOc1ccc(N=Nc2ccc(C(=O)Oc3ccc4c(C)cc(=O)oc4c3)cc2)cc1. The molecule has 4 aromatic rings. The molecule has 0 aliphatic heterocycles. The summed E-state index contributed by atoms with van der Waals surface area (Å²) < 4.78 is 16.5. The molecule has 0 atom stereocenters. The number of ether oxygens (including phenoxy) is 2. The molecule has 4 rings (SSSR count). The van der Waals surface area contributed by atoms with Crippen molar-refractivity contribution in [3.8, 4) is 11.5 Å². The topological polar surface area (TPSA) is 90.5 Å². The van der Waals surface area contributed by atoms with Crippen molar-refractivity contribution in [1.29, 1.82) is 0 Å². The molecule has 0 fully saturated rings. The number of carbonyl (C=O) groups excluding carboxylic acids is 1. The lowest BCUT2D eigenvalue weighted by atomic mass is 10.1. The van der Waals surface area contributed by atoms with Crippen LogP contribution in [0.1, 0.15) is 74.2 Å². The fraction of sp³-hybridized carbons (Fsp3) is 0.333. The summed E-state index contributed by atoms with van der Waals surface area (Å²) in [6, 6.07) is 20.6. The van der Waals surface area contributed by atoms with Crippen LogP contribution in [-0.2, 0) is 0 Å². The van der Waals surface area contributed by atoms with Gasteiger partial charge >= 0.3 is 11.6 Å². The van der Waals surface area contributed by atoms with Crippen LogP contribution in [-0.4, -0.2) is 12.6 Å². The monoisotopic (exact) mass is 540 g/mol. The lowest BCUT2D eigenvalue weighted by Crippen LogP contribution is -2.08. The quantitative estimate of drug-likeness (QED) is 0.0522. The number of hydrogen-bond donors (Lipinski definition) is 0. The van der Waals surface area contributed by atoms with Gasteiger partial charge in [-0.25, -0.2) is 9.59 Å². The number of aryl methyl sites for hydroxylation is 1. The maximum Gasteiger partial charge on any atom is 0.343 e. The van der Waals surface area contributed by atoms with Gasteiger partial charge in [0.05, 0.1) is 23.5 Å². The Kier molecular flexibility index (Phi) is 10.6. The van der Waals surface area contributed by atoms with Gasteiger partial charge in [0.2, 0.25) is 0 Å². The molecule has 208 valence electrons. The van der Waals surface area contributed by atoms with E-state index in [1.807, 2.05) is 31.2 Å². The van der Waals surface area contributed by atoms with Crippen LogP contribution in [0.4, 0.5) is 11.4 Å². The van der Waals surface area contributed by atoms with Crippen LogP contribution in [0, 0.1) is 6.92 Å². The van der Waals surface area contributed by atoms with Gasteiger partial charge in [-0.15, -0.1) is 0 Å². The number of azo groups is 1. The van der Waals surface area contributed by atoms with Crippen LogP contribution in [0.3, 0.4) is 0 Å². The lowest BCUT2D eigenvalue weighted by Gasteiger charge is -2.06. The van der Waals surface area contributed by atoms with E-state index in [2.05, 4.69) is 17.2 Å². The molecule has 0 N–H and O–H groups in total. The zero-order valence-corrected chi connectivity index (χ0v) is 23.2. The number of rotatable bonds is 14. The second-order valence-electron chi connectivity index (χ2n) is 9.86. The Hall–Kier alpha value is -4.26. The van der Waals surface area contributed by atoms with Crippen LogP contribution in [0.5, 0.6) is 11.5 Å². The summed E-state index contributed by atoms with van der Waals surface area (Å²) in [5.74, 6) is 0.592. The molecule has 3 aromatic carbocycles. The minimum Gasteiger partial charge on any atom is -0.494 e. The third kappa shape index (κ3) is 8.63. The minimum absolute atomic E-state index is 0.292. The summed E-state index contributed by atoms with van der Waals surface area (Å²) in [4.78, 5) is 24.3. The molecule has 0 saturated heterocycles. The van der Waals surface area contributed by atoms with E-state index >= 15 is 0 Å². The predicted molar refractivity (Wildman–Crippen MR) is 157 cm³/mol. The van der Waals surface area contributed by atoms with E-state index in [-0.39, 0.29) is 0 Å².